The summed E-state index contributed by atoms with van der Waals surface area (Å²) in [6, 6.07) is 7.58. The number of hydrogen-bond donors (Lipinski definition) is 1. The van der Waals surface area contributed by atoms with Crippen molar-refractivity contribution >= 4 is 5.82 Å². The zero-order valence-electron chi connectivity index (χ0n) is 17.6. The van der Waals surface area contributed by atoms with E-state index >= 15 is 0 Å². The summed E-state index contributed by atoms with van der Waals surface area (Å²) in [5, 5.41) is 12.6. The minimum Gasteiger partial charge on any atom is -0.377 e. The number of aromatic nitrogens is 6. The van der Waals surface area contributed by atoms with E-state index in [1.54, 1.807) is 34.8 Å². The van der Waals surface area contributed by atoms with Crippen LogP contribution in [0.15, 0.2) is 35.3 Å². The van der Waals surface area contributed by atoms with E-state index in [1.807, 2.05) is 26.0 Å². The molecule has 0 atom stereocenters. The molecule has 3 heterocycles. The van der Waals surface area contributed by atoms with Crippen molar-refractivity contribution in [1.82, 2.24) is 29.5 Å². The second kappa shape index (κ2) is 8.74. The number of ether oxygens (including phenoxy) is 1. The van der Waals surface area contributed by atoms with Crippen LogP contribution in [0.25, 0.3) is 5.82 Å². The molecule has 0 bridgehead atoms. The third-order valence-corrected chi connectivity index (χ3v) is 5.41. The predicted molar refractivity (Wildman–Crippen MR) is 113 cm³/mol. The molecule has 3 aromatic rings. The van der Waals surface area contributed by atoms with Gasteiger partial charge >= 0.3 is 0 Å². The molecule has 4 rings (SSSR count). The molecule has 0 aromatic carbocycles. The fourth-order valence-electron chi connectivity index (χ4n) is 4.00. The average Bonchev–Trinajstić information content (AvgIpc) is 3.08. The van der Waals surface area contributed by atoms with Crippen LogP contribution in [0.4, 0.5) is 5.82 Å². The topological polar surface area (TPSA) is 99.7 Å². The molecule has 30 heavy (non-hydrogen) atoms. The summed E-state index contributed by atoms with van der Waals surface area (Å²) in [6.07, 6.45) is 5.37. The molecule has 158 valence electrons. The lowest BCUT2D eigenvalue weighted by atomic mass is 9.91. The summed E-state index contributed by atoms with van der Waals surface area (Å²) in [5.41, 5.74) is 1.85. The van der Waals surface area contributed by atoms with Gasteiger partial charge in [-0.1, -0.05) is 0 Å². The van der Waals surface area contributed by atoms with E-state index in [4.69, 9.17) is 4.74 Å². The maximum absolute atomic E-state index is 12.5. The minimum absolute atomic E-state index is 0.0725. The number of hydrogen-bond acceptors (Lipinski definition) is 7. The van der Waals surface area contributed by atoms with E-state index < -0.39 is 0 Å². The van der Waals surface area contributed by atoms with E-state index in [9.17, 15) is 4.79 Å². The first-order chi connectivity index (χ1) is 14.5. The molecule has 1 aliphatic carbocycles. The Kier molecular flexibility index (Phi) is 5.89. The van der Waals surface area contributed by atoms with Crippen molar-refractivity contribution in [2.45, 2.75) is 58.2 Å². The van der Waals surface area contributed by atoms with Crippen LogP contribution < -0.4 is 10.9 Å². The molecule has 3 aromatic heterocycles. The molecule has 1 saturated carbocycles. The SMILES string of the molecule is COCc1nccc(NC2CCC(n3nc(-n4nc(C)cc4C)ccc3=O)CC2)n1. The van der Waals surface area contributed by atoms with Crippen LogP contribution in [0.1, 0.15) is 48.9 Å². The Hall–Kier alpha value is -3.07. The second-order valence-electron chi connectivity index (χ2n) is 7.75. The average molecular weight is 409 g/mol. The molecular weight excluding hydrogens is 382 g/mol. The zero-order valence-corrected chi connectivity index (χ0v) is 17.6. The van der Waals surface area contributed by atoms with E-state index in [2.05, 4.69) is 25.5 Å². The highest BCUT2D eigenvalue weighted by Crippen LogP contribution is 2.28. The number of methoxy groups -OCH3 is 1. The van der Waals surface area contributed by atoms with Crippen molar-refractivity contribution in [2.75, 3.05) is 12.4 Å². The summed E-state index contributed by atoms with van der Waals surface area (Å²) in [7, 11) is 1.63. The lowest BCUT2D eigenvalue weighted by Gasteiger charge is -2.30. The first-order valence-corrected chi connectivity index (χ1v) is 10.2. The highest BCUT2D eigenvalue weighted by molar-refractivity contribution is 5.34. The van der Waals surface area contributed by atoms with E-state index in [0.29, 0.717) is 24.3 Å². The van der Waals surface area contributed by atoms with Gasteiger partial charge in [-0.25, -0.2) is 19.3 Å². The fourth-order valence-corrected chi connectivity index (χ4v) is 4.00. The Labute approximate surface area is 175 Å². The van der Waals surface area contributed by atoms with Gasteiger partial charge in [-0.3, -0.25) is 4.79 Å². The monoisotopic (exact) mass is 409 g/mol. The van der Waals surface area contributed by atoms with Crippen molar-refractivity contribution < 1.29 is 4.74 Å². The third kappa shape index (κ3) is 4.40. The molecule has 1 N–H and O–H groups in total. The van der Waals surface area contributed by atoms with Crippen LogP contribution in [0.3, 0.4) is 0 Å². The molecule has 0 saturated heterocycles. The lowest BCUT2D eigenvalue weighted by Crippen LogP contribution is -2.33. The number of nitrogens with zero attached hydrogens (tertiary/aromatic N) is 6. The maximum Gasteiger partial charge on any atom is 0.267 e. The van der Waals surface area contributed by atoms with Gasteiger partial charge in [0.2, 0.25) is 0 Å². The van der Waals surface area contributed by atoms with Gasteiger partial charge in [-0.15, -0.1) is 5.10 Å². The molecular formula is C21H27N7O2. The summed E-state index contributed by atoms with van der Waals surface area (Å²) < 4.78 is 8.51. The Morgan fingerprint density at radius 2 is 1.93 bits per heavy atom. The Bertz CT molecular complexity index is 1070. The quantitative estimate of drug-likeness (QED) is 0.668. The van der Waals surface area contributed by atoms with Gasteiger partial charge in [0.05, 0.1) is 11.7 Å². The van der Waals surface area contributed by atoms with Gasteiger partial charge in [0.1, 0.15) is 12.4 Å². The van der Waals surface area contributed by atoms with Gasteiger partial charge in [0.15, 0.2) is 11.6 Å². The Morgan fingerprint density at radius 1 is 1.13 bits per heavy atom. The van der Waals surface area contributed by atoms with Crippen LogP contribution >= 0.6 is 0 Å². The highest BCUT2D eigenvalue weighted by atomic mass is 16.5. The van der Waals surface area contributed by atoms with Gasteiger partial charge in [-0.05, 0) is 57.7 Å². The molecule has 9 nitrogen and oxygen atoms in total. The molecule has 0 amide bonds. The van der Waals surface area contributed by atoms with Gasteiger partial charge in [0.25, 0.3) is 5.56 Å². The molecule has 1 aliphatic rings. The highest BCUT2D eigenvalue weighted by Gasteiger charge is 2.24. The van der Waals surface area contributed by atoms with Crippen LogP contribution in [0.5, 0.6) is 0 Å². The Morgan fingerprint density at radius 3 is 2.63 bits per heavy atom. The summed E-state index contributed by atoms with van der Waals surface area (Å²) in [6.45, 7) is 4.32. The first kappa shape index (κ1) is 20.2. The molecule has 0 spiro atoms. The predicted octanol–water partition coefficient (Wildman–Crippen LogP) is 2.58. The van der Waals surface area contributed by atoms with Crippen LogP contribution in [-0.4, -0.2) is 42.7 Å². The van der Waals surface area contributed by atoms with E-state index in [-0.39, 0.29) is 11.6 Å². The van der Waals surface area contributed by atoms with Gasteiger partial charge in [0, 0.05) is 31.1 Å². The summed E-state index contributed by atoms with van der Waals surface area (Å²) in [5.74, 6) is 2.14. The molecule has 0 radical (unpaired) electrons. The maximum atomic E-state index is 12.5. The smallest absolute Gasteiger partial charge is 0.267 e. The zero-order chi connectivity index (χ0) is 21.1. The van der Waals surface area contributed by atoms with Crippen LogP contribution in [0.2, 0.25) is 0 Å². The van der Waals surface area contributed by atoms with Crippen molar-refractivity contribution in [2.24, 2.45) is 0 Å². The van der Waals surface area contributed by atoms with Crippen molar-refractivity contribution in [1.29, 1.82) is 0 Å². The number of rotatable bonds is 6. The van der Waals surface area contributed by atoms with Gasteiger partial charge < -0.3 is 10.1 Å². The molecule has 9 heteroatoms. The standard InChI is InChI=1S/C21H27N7O2/c1-14-12-15(2)27(25-14)20-8-9-21(29)28(26-20)17-6-4-16(5-7-17)23-18-10-11-22-19(24-18)13-30-3/h8-12,16-17H,4-7,13H2,1-3H3,(H,22,23,24). The number of aryl methyl sites for hydroxylation is 2. The second-order valence-corrected chi connectivity index (χ2v) is 7.75. The molecule has 1 fully saturated rings. The number of nitrogens with one attached hydrogen (secondary N) is 1. The number of anilines is 1. The third-order valence-electron chi connectivity index (χ3n) is 5.41. The molecule has 0 unspecified atom stereocenters. The van der Waals surface area contributed by atoms with Crippen molar-refractivity contribution in [3.8, 4) is 5.82 Å². The van der Waals surface area contributed by atoms with E-state index in [0.717, 1.165) is 42.9 Å². The fraction of sp³-hybridized carbons (Fsp3) is 0.476. The van der Waals surface area contributed by atoms with Gasteiger partial charge in [-0.2, -0.15) is 5.10 Å². The molecule has 0 aliphatic heterocycles. The lowest BCUT2D eigenvalue weighted by molar-refractivity contribution is 0.178. The van der Waals surface area contributed by atoms with Crippen molar-refractivity contribution in [3.63, 3.8) is 0 Å². The van der Waals surface area contributed by atoms with Crippen LogP contribution in [-0.2, 0) is 11.3 Å². The van der Waals surface area contributed by atoms with Crippen LogP contribution in [0, 0.1) is 13.8 Å². The largest absolute Gasteiger partial charge is 0.377 e. The Balaban J connectivity index is 1.44. The normalized spacial score (nSPS) is 19.0. The minimum atomic E-state index is -0.0725. The first-order valence-electron chi connectivity index (χ1n) is 10.2. The van der Waals surface area contributed by atoms with Crippen molar-refractivity contribution in [3.05, 3.63) is 58.0 Å². The summed E-state index contributed by atoms with van der Waals surface area (Å²) in [4.78, 5) is 21.2. The van der Waals surface area contributed by atoms with E-state index in [1.165, 1.54) is 0 Å². The summed E-state index contributed by atoms with van der Waals surface area (Å²) >= 11 is 0.